The molecule has 1 saturated heterocycles. The Morgan fingerprint density at radius 1 is 1.03 bits per heavy atom. The number of fused-ring (bicyclic) bond motifs is 1. The Balaban J connectivity index is 1.36. The van der Waals surface area contributed by atoms with E-state index < -0.39 is 9.84 Å². The summed E-state index contributed by atoms with van der Waals surface area (Å²) in [7, 11) is -3.59. The van der Waals surface area contributed by atoms with Crippen molar-refractivity contribution in [1.29, 1.82) is 0 Å². The van der Waals surface area contributed by atoms with Gasteiger partial charge in [-0.3, -0.25) is 9.59 Å². The zero-order chi connectivity index (χ0) is 24.5. The van der Waals surface area contributed by atoms with Crippen LogP contribution in [0.1, 0.15) is 37.8 Å². The topological polar surface area (TPSA) is 78.0 Å². The van der Waals surface area contributed by atoms with Crippen LogP contribution >= 0.6 is 0 Å². The van der Waals surface area contributed by atoms with Crippen molar-refractivity contribution in [3.63, 3.8) is 0 Å². The smallest absolute Gasteiger partial charge is 0.226 e. The average Bonchev–Trinajstić information content (AvgIpc) is 3.25. The molecule has 2 amide bonds. The van der Waals surface area contributed by atoms with Crippen LogP contribution in [0, 0.1) is 6.92 Å². The number of aryl methyl sites for hydroxylation is 1. The summed E-state index contributed by atoms with van der Waals surface area (Å²) in [6.07, 6.45) is 1.03. The first-order chi connectivity index (χ1) is 16.2. The summed E-state index contributed by atoms with van der Waals surface area (Å²) in [5, 5.41) is 0. The molecule has 7 nitrogen and oxygen atoms in total. The van der Waals surface area contributed by atoms with Gasteiger partial charge in [-0.05, 0) is 61.7 Å². The lowest BCUT2D eigenvalue weighted by atomic mass is 10.1. The van der Waals surface area contributed by atoms with Gasteiger partial charge in [-0.1, -0.05) is 19.1 Å². The fourth-order valence-electron chi connectivity index (χ4n) is 4.89. The molecule has 2 aliphatic heterocycles. The fourth-order valence-corrected chi connectivity index (χ4v) is 6.17. The minimum absolute atomic E-state index is 0.0307. The average molecular weight is 484 g/mol. The van der Waals surface area contributed by atoms with E-state index in [1.54, 1.807) is 28.0 Å². The Hall–Kier alpha value is -2.87. The first-order valence-corrected chi connectivity index (χ1v) is 13.6. The summed E-state index contributed by atoms with van der Waals surface area (Å²) in [5.74, 6) is -0.300. The predicted molar refractivity (Wildman–Crippen MR) is 134 cm³/mol. The summed E-state index contributed by atoms with van der Waals surface area (Å²) < 4.78 is 25.9. The monoisotopic (exact) mass is 483 g/mol. The van der Waals surface area contributed by atoms with E-state index in [-0.39, 0.29) is 34.9 Å². The number of amides is 2. The molecular formula is C26H33N3O4S. The highest BCUT2D eigenvalue weighted by atomic mass is 32.2. The number of benzene rings is 2. The largest absolute Gasteiger partial charge is 0.365 e. The van der Waals surface area contributed by atoms with Gasteiger partial charge in [0.15, 0.2) is 9.84 Å². The minimum Gasteiger partial charge on any atom is -0.365 e. The van der Waals surface area contributed by atoms with Crippen molar-refractivity contribution < 1.29 is 18.0 Å². The summed E-state index contributed by atoms with van der Waals surface area (Å²) in [6.45, 7) is 8.44. The molecule has 34 heavy (non-hydrogen) atoms. The molecule has 1 atom stereocenters. The van der Waals surface area contributed by atoms with Crippen LogP contribution in [-0.2, 0) is 25.8 Å². The van der Waals surface area contributed by atoms with Gasteiger partial charge in [-0.15, -0.1) is 0 Å². The second-order valence-corrected chi connectivity index (χ2v) is 11.3. The Morgan fingerprint density at radius 3 is 2.53 bits per heavy atom. The number of hydrogen-bond donors (Lipinski definition) is 0. The third-order valence-corrected chi connectivity index (χ3v) is 8.52. The molecule has 182 valence electrons. The van der Waals surface area contributed by atoms with Crippen molar-refractivity contribution in [3.8, 4) is 0 Å². The Kier molecular flexibility index (Phi) is 6.98. The summed E-state index contributed by atoms with van der Waals surface area (Å²) >= 11 is 0. The van der Waals surface area contributed by atoms with Crippen molar-refractivity contribution in [1.82, 2.24) is 4.90 Å². The normalized spacial score (nSPS) is 18.2. The molecule has 0 bridgehead atoms. The molecule has 0 aromatic heterocycles. The van der Waals surface area contributed by atoms with Crippen LogP contribution in [0.2, 0.25) is 0 Å². The van der Waals surface area contributed by atoms with Gasteiger partial charge in [-0.2, -0.15) is 0 Å². The Bertz CT molecular complexity index is 1190. The number of nitrogens with zero attached hydrogens (tertiary/aromatic N) is 3. The van der Waals surface area contributed by atoms with Gasteiger partial charge < -0.3 is 14.7 Å². The third-order valence-electron chi connectivity index (χ3n) is 6.81. The second-order valence-electron chi connectivity index (χ2n) is 9.23. The van der Waals surface area contributed by atoms with Gasteiger partial charge in [0.25, 0.3) is 0 Å². The molecule has 2 aromatic carbocycles. The van der Waals surface area contributed by atoms with E-state index in [0.717, 1.165) is 23.5 Å². The number of hydrogen-bond acceptors (Lipinski definition) is 5. The maximum absolute atomic E-state index is 13.0. The van der Waals surface area contributed by atoms with Gasteiger partial charge in [-0.25, -0.2) is 8.42 Å². The SMILES string of the molecule is CCC(=O)N1CCc2cc(S(=O)(=O)CCC(=O)N3CCN(c4cccc(C)c4)[C@H](C)C3)ccc21. The van der Waals surface area contributed by atoms with Crippen LogP contribution in [0.5, 0.6) is 0 Å². The van der Waals surface area contributed by atoms with E-state index in [1.165, 1.54) is 5.56 Å². The lowest BCUT2D eigenvalue weighted by Crippen LogP contribution is -2.54. The predicted octanol–water partition coefficient (Wildman–Crippen LogP) is 3.20. The molecule has 0 spiro atoms. The fraction of sp³-hybridized carbons (Fsp3) is 0.462. The zero-order valence-corrected chi connectivity index (χ0v) is 21.0. The first-order valence-electron chi connectivity index (χ1n) is 12.0. The van der Waals surface area contributed by atoms with Crippen LogP contribution in [0.25, 0.3) is 0 Å². The number of anilines is 2. The maximum atomic E-state index is 13.0. The van der Waals surface area contributed by atoms with Gasteiger partial charge in [0.05, 0.1) is 10.6 Å². The number of carbonyl (C=O) groups is 2. The van der Waals surface area contributed by atoms with Crippen LogP contribution in [0.4, 0.5) is 11.4 Å². The van der Waals surface area contributed by atoms with E-state index in [0.29, 0.717) is 32.5 Å². The number of piperazine rings is 1. The molecule has 8 heteroatoms. The molecule has 0 radical (unpaired) electrons. The Labute approximate surface area is 202 Å². The van der Waals surface area contributed by atoms with Crippen LogP contribution in [0.3, 0.4) is 0 Å². The zero-order valence-electron chi connectivity index (χ0n) is 20.2. The molecule has 2 aliphatic rings. The van der Waals surface area contributed by atoms with E-state index in [1.807, 2.05) is 13.0 Å². The molecular weight excluding hydrogens is 450 g/mol. The molecule has 0 unspecified atom stereocenters. The number of carbonyl (C=O) groups excluding carboxylic acids is 2. The molecule has 0 aliphatic carbocycles. The highest BCUT2D eigenvalue weighted by Gasteiger charge is 2.29. The maximum Gasteiger partial charge on any atom is 0.226 e. The molecule has 0 saturated carbocycles. The van der Waals surface area contributed by atoms with Crippen molar-refractivity contribution >= 4 is 33.0 Å². The lowest BCUT2D eigenvalue weighted by Gasteiger charge is -2.41. The quantitative estimate of drug-likeness (QED) is 0.631. The molecule has 4 rings (SSSR count). The lowest BCUT2D eigenvalue weighted by molar-refractivity contribution is -0.131. The van der Waals surface area contributed by atoms with E-state index >= 15 is 0 Å². The van der Waals surface area contributed by atoms with Crippen molar-refractivity contribution in [2.75, 3.05) is 41.7 Å². The van der Waals surface area contributed by atoms with Crippen molar-refractivity contribution in [3.05, 3.63) is 53.6 Å². The highest BCUT2D eigenvalue weighted by Crippen LogP contribution is 2.31. The molecule has 1 fully saturated rings. The standard InChI is InChI=1S/C26H33N3O4S/c1-4-25(30)29-12-10-21-17-23(8-9-24(21)29)34(32,33)15-11-26(31)27-13-14-28(20(3)18-27)22-7-5-6-19(2)16-22/h5-9,16-17,20H,4,10-15,18H2,1-3H3/t20-/m1/s1. The molecule has 0 N–H and O–H groups in total. The van der Waals surface area contributed by atoms with Crippen LogP contribution in [-0.4, -0.2) is 63.1 Å². The summed E-state index contributed by atoms with van der Waals surface area (Å²) in [4.78, 5) is 31.0. The van der Waals surface area contributed by atoms with Crippen molar-refractivity contribution in [2.24, 2.45) is 0 Å². The van der Waals surface area contributed by atoms with Crippen LogP contribution < -0.4 is 9.80 Å². The minimum atomic E-state index is -3.59. The van der Waals surface area contributed by atoms with Gasteiger partial charge >= 0.3 is 0 Å². The van der Waals surface area contributed by atoms with Crippen molar-refractivity contribution in [2.45, 2.75) is 51.0 Å². The number of rotatable bonds is 6. The van der Waals surface area contributed by atoms with E-state index in [2.05, 4.69) is 36.9 Å². The summed E-state index contributed by atoms with van der Waals surface area (Å²) in [5.41, 5.74) is 4.01. The van der Waals surface area contributed by atoms with Gasteiger partial charge in [0.2, 0.25) is 11.8 Å². The molecule has 2 aromatic rings. The van der Waals surface area contributed by atoms with E-state index in [9.17, 15) is 18.0 Å². The van der Waals surface area contributed by atoms with E-state index in [4.69, 9.17) is 0 Å². The summed E-state index contributed by atoms with van der Waals surface area (Å²) in [6, 6.07) is 13.4. The van der Waals surface area contributed by atoms with Gasteiger partial charge in [0.1, 0.15) is 0 Å². The molecule has 2 heterocycles. The number of sulfone groups is 1. The van der Waals surface area contributed by atoms with Gasteiger partial charge in [0, 0.05) is 56.4 Å². The second kappa shape index (κ2) is 9.78. The Morgan fingerprint density at radius 2 is 1.82 bits per heavy atom. The highest BCUT2D eigenvalue weighted by molar-refractivity contribution is 7.91. The van der Waals surface area contributed by atoms with Crippen LogP contribution in [0.15, 0.2) is 47.4 Å². The first kappa shape index (κ1) is 24.3. The third kappa shape index (κ3) is 4.97.